The normalized spacial score (nSPS) is 13.4. The molecular weight excluding hydrogens is 294 g/mol. The average Bonchev–Trinajstić information content (AvgIpc) is 3.03. The third kappa shape index (κ3) is 5.34. The Morgan fingerprint density at radius 3 is 2.57 bits per heavy atom. The number of aryl methyl sites for hydroxylation is 1. The predicted molar refractivity (Wildman–Crippen MR) is 86.1 cm³/mol. The zero-order valence-corrected chi connectivity index (χ0v) is 13.0. The second-order valence-electron chi connectivity index (χ2n) is 5.53. The van der Waals surface area contributed by atoms with E-state index in [4.69, 9.17) is 0 Å². The molecule has 1 heterocycles. The molecule has 1 aromatic heterocycles. The minimum Gasteiger partial charge on any atom is -0.480 e. The zero-order chi connectivity index (χ0) is 16.7. The van der Waals surface area contributed by atoms with Gasteiger partial charge < -0.3 is 10.1 Å². The largest absolute Gasteiger partial charge is 0.480 e. The molecule has 0 bridgehead atoms. The summed E-state index contributed by atoms with van der Waals surface area (Å²) >= 11 is 0. The van der Waals surface area contributed by atoms with Gasteiger partial charge in [0.1, 0.15) is 11.8 Å². The SMILES string of the molecule is CC(=O)C(CCc1ccccc1)NC(Cc1cnc[nH]1)C(=O)O. The molecule has 0 aliphatic heterocycles. The van der Waals surface area contributed by atoms with Crippen molar-refractivity contribution in [3.05, 3.63) is 54.1 Å². The fourth-order valence-corrected chi connectivity index (χ4v) is 2.44. The lowest BCUT2D eigenvalue weighted by molar-refractivity contribution is -0.139. The van der Waals surface area contributed by atoms with Crippen LogP contribution in [-0.2, 0) is 22.4 Å². The fourth-order valence-electron chi connectivity index (χ4n) is 2.44. The minimum absolute atomic E-state index is 0.0585. The summed E-state index contributed by atoms with van der Waals surface area (Å²) in [6.45, 7) is 1.48. The molecule has 0 amide bonds. The highest BCUT2D eigenvalue weighted by molar-refractivity contribution is 5.83. The average molecular weight is 315 g/mol. The monoisotopic (exact) mass is 315 g/mol. The Morgan fingerprint density at radius 2 is 2.00 bits per heavy atom. The summed E-state index contributed by atoms with van der Waals surface area (Å²) in [4.78, 5) is 30.1. The molecule has 0 spiro atoms. The zero-order valence-electron chi connectivity index (χ0n) is 13.0. The van der Waals surface area contributed by atoms with E-state index in [1.54, 1.807) is 6.20 Å². The van der Waals surface area contributed by atoms with Gasteiger partial charge in [0.2, 0.25) is 0 Å². The van der Waals surface area contributed by atoms with Crippen molar-refractivity contribution in [3.63, 3.8) is 0 Å². The van der Waals surface area contributed by atoms with Gasteiger partial charge in [-0.3, -0.25) is 14.9 Å². The second-order valence-corrected chi connectivity index (χ2v) is 5.53. The molecule has 0 aliphatic rings. The van der Waals surface area contributed by atoms with Crippen molar-refractivity contribution in [3.8, 4) is 0 Å². The first-order valence-corrected chi connectivity index (χ1v) is 7.56. The van der Waals surface area contributed by atoms with Crippen molar-refractivity contribution >= 4 is 11.8 Å². The maximum Gasteiger partial charge on any atom is 0.321 e. The number of carboxylic acids is 1. The Hall–Kier alpha value is -2.47. The summed E-state index contributed by atoms with van der Waals surface area (Å²) in [5, 5.41) is 12.3. The summed E-state index contributed by atoms with van der Waals surface area (Å²) in [5.41, 5.74) is 1.84. The first-order valence-electron chi connectivity index (χ1n) is 7.56. The lowest BCUT2D eigenvalue weighted by Crippen LogP contribution is -2.48. The predicted octanol–water partition coefficient (Wildman–Crippen LogP) is 1.59. The van der Waals surface area contributed by atoms with Crippen molar-refractivity contribution in [1.82, 2.24) is 15.3 Å². The third-order valence-electron chi connectivity index (χ3n) is 3.73. The van der Waals surface area contributed by atoms with Crippen LogP contribution in [0.2, 0.25) is 0 Å². The van der Waals surface area contributed by atoms with Gasteiger partial charge in [0, 0.05) is 18.3 Å². The lowest BCUT2D eigenvalue weighted by atomic mass is 10.0. The van der Waals surface area contributed by atoms with Crippen LogP contribution in [0.4, 0.5) is 0 Å². The van der Waals surface area contributed by atoms with Crippen LogP contribution in [0.3, 0.4) is 0 Å². The number of imidazole rings is 1. The van der Waals surface area contributed by atoms with Crippen LogP contribution in [-0.4, -0.2) is 38.9 Å². The van der Waals surface area contributed by atoms with E-state index < -0.39 is 18.1 Å². The van der Waals surface area contributed by atoms with Gasteiger partial charge in [0.25, 0.3) is 0 Å². The molecule has 2 atom stereocenters. The smallest absolute Gasteiger partial charge is 0.321 e. The van der Waals surface area contributed by atoms with E-state index in [1.165, 1.54) is 13.3 Å². The molecule has 0 aliphatic carbocycles. The molecule has 6 nitrogen and oxygen atoms in total. The third-order valence-corrected chi connectivity index (χ3v) is 3.73. The number of carbonyl (C=O) groups is 2. The number of ketones is 1. The number of benzene rings is 1. The topological polar surface area (TPSA) is 95.1 Å². The molecule has 0 radical (unpaired) electrons. The minimum atomic E-state index is -0.981. The van der Waals surface area contributed by atoms with Gasteiger partial charge in [-0.05, 0) is 25.3 Å². The van der Waals surface area contributed by atoms with E-state index >= 15 is 0 Å². The molecular formula is C17H21N3O3. The van der Waals surface area contributed by atoms with Gasteiger partial charge in [-0.1, -0.05) is 30.3 Å². The number of carboxylic acid groups (broad SMARTS) is 1. The maximum atomic E-state index is 11.9. The van der Waals surface area contributed by atoms with Gasteiger partial charge in [-0.15, -0.1) is 0 Å². The Bertz CT molecular complexity index is 626. The molecule has 122 valence electrons. The van der Waals surface area contributed by atoms with Crippen LogP contribution >= 0.6 is 0 Å². The summed E-state index contributed by atoms with van der Waals surface area (Å²) in [5.74, 6) is -1.04. The first-order chi connectivity index (χ1) is 11.1. The number of rotatable bonds is 9. The number of nitrogens with zero attached hydrogens (tertiary/aromatic N) is 1. The number of H-pyrrole nitrogens is 1. The van der Waals surface area contributed by atoms with E-state index in [1.807, 2.05) is 30.3 Å². The highest BCUT2D eigenvalue weighted by atomic mass is 16.4. The molecule has 1 aromatic carbocycles. The van der Waals surface area contributed by atoms with E-state index in [9.17, 15) is 14.7 Å². The van der Waals surface area contributed by atoms with Crippen LogP contribution < -0.4 is 5.32 Å². The number of aromatic nitrogens is 2. The van der Waals surface area contributed by atoms with E-state index in [2.05, 4.69) is 15.3 Å². The van der Waals surface area contributed by atoms with Crippen LogP contribution in [0.15, 0.2) is 42.9 Å². The number of Topliss-reactive ketones (excluding diaryl/α,β-unsaturated/α-hetero) is 1. The van der Waals surface area contributed by atoms with Gasteiger partial charge in [0.05, 0.1) is 12.4 Å². The molecule has 2 rings (SSSR count). The quantitative estimate of drug-likeness (QED) is 0.653. The Balaban J connectivity index is 1.98. The van der Waals surface area contributed by atoms with Crippen molar-refractivity contribution in [1.29, 1.82) is 0 Å². The van der Waals surface area contributed by atoms with Gasteiger partial charge in [0.15, 0.2) is 0 Å². The number of nitrogens with one attached hydrogen (secondary N) is 2. The van der Waals surface area contributed by atoms with E-state index in [0.29, 0.717) is 12.8 Å². The Morgan fingerprint density at radius 1 is 1.26 bits per heavy atom. The number of hydrogen-bond acceptors (Lipinski definition) is 4. The lowest BCUT2D eigenvalue weighted by Gasteiger charge is -2.21. The van der Waals surface area contributed by atoms with Crippen molar-refractivity contribution < 1.29 is 14.7 Å². The van der Waals surface area contributed by atoms with Crippen LogP contribution in [0.25, 0.3) is 0 Å². The van der Waals surface area contributed by atoms with Crippen molar-refractivity contribution in [2.45, 2.75) is 38.3 Å². The van der Waals surface area contributed by atoms with Crippen molar-refractivity contribution in [2.24, 2.45) is 0 Å². The standard InChI is InChI=1S/C17H21N3O3/c1-12(21)15(8-7-13-5-3-2-4-6-13)20-16(17(22)23)9-14-10-18-11-19-14/h2-6,10-11,15-16,20H,7-9H2,1H3,(H,18,19)(H,22,23). The van der Waals surface area contributed by atoms with Gasteiger partial charge in [-0.2, -0.15) is 0 Å². The molecule has 6 heteroatoms. The number of aromatic amines is 1. The fraction of sp³-hybridized carbons (Fsp3) is 0.353. The summed E-state index contributed by atoms with van der Waals surface area (Å²) in [7, 11) is 0. The van der Waals surface area contributed by atoms with Crippen molar-refractivity contribution in [2.75, 3.05) is 0 Å². The van der Waals surface area contributed by atoms with Crippen LogP contribution in [0, 0.1) is 0 Å². The first kappa shape index (κ1) is 16.9. The summed E-state index contributed by atoms with van der Waals surface area (Å²) in [6.07, 6.45) is 4.63. The van der Waals surface area contributed by atoms with Gasteiger partial charge in [-0.25, -0.2) is 4.98 Å². The van der Waals surface area contributed by atoms with Crippen LogP contribution in [0.5, 0.6) is 0 Å². The van der Waals surface area contributed by atoms with Gasteiger partial charge >= 0.3 is 5.97 Å². The summed E-state index contributed by atoms with van der Waals surface area (Å²) in [6, 6.07) is 8.51. The number of carbonyl (C=O) groups excluding carboxylic acids is 1. The molecule has 2 aromatic rings. The van der Waals surface area contributed by atoms with Crippen LogP contribution in [0.1, 0.15) is 24.6 Å². The summed E-state index contributed by atoms with van der Waals surface area (Å²) < 4.78 is 0. The molecule has 0 fully saturated rings. The molecule has 0 saturated carbocycles. The highest BCUT2D eigenvalue weighted by Crippen LogP contribution is 2.08. The Kier molecular flexibility index (Phi) is 6.05. The number of aliphatic carboxylic acids is 1. The molecule has 0 saturated heterocycles. The Labute approximate surface area is 135 Å². The maximum absolute atomic E-state index is 11.9. The van der Waals surface area contributed by atoms with E-state index in [0.717, 1.165) is 11.3 Å². The van der Waals surface area contributed by atoms with E-state index in [-0.39, 0.29) is 12.2 Å². The highest BCUT2D eigenvalue weighted by Gasteiger charge is 2.24. The molecule has 3 N–H and O–H groups in total. The number of hydrogen-bond donors (Lipinski definition) is 3. The second kappa shape index (κ2) is 8.24. The molecule has 23 heavy (non-hydrogen) atoms. The molecule has 2 unspecified atom stereocenters.